The molecule has 0 bridgehead atoms. The summed E-state index contributed by atoms with van der Waals surface area (Å²) >= 11 is 0. The lowest BCUT2D eigenvalue weighted by Gasteiger charge is -2.26. The highest BCUT2D eigenvalue weighted by molar-refractivity contribution is 5.75. The van der Waals surface area contributed by atoms with Crippen molar-refractivity contribution < 1.29 is 19.1 Å². The highest BCUT2D eigenvalue weighted by Gasteiger charge is 2.24. The number of hydrogen-bond acceptors (Lipinski definition) is 6. The third-order valence-corrected chi connectivity index (χ3v) is 5.27. The van der Waals surface area contributed by atoms with Crippen molar-refractivity contribution in [1.29, 1.82) is 0 Å². The lowest BCUT2D eigenvalue weighted by atomic mass is 10.1. The van der Waals surface area contributed by atoms with Crippen molar-refractivity contribution in [2.75, 3.05) is 0 Å². The van der Waals surface area contributed by atoms with Gasteiger partial charge in [0.25, 0.3) is 0 Å². The summed E-state index contributed by atoms with van der Waals surface area (Å²) in [6.45, 7) is 5.60. The van der Waals surface area contributed by atoms with E-state index in [9.17, 15) is 9.59 Å². The predicted molar refractivity (Wildman–Crippen MR) is 133 cm³/mol. The first-order valence-corrected chi connectivity index (χ1v) is 11.7. The minimum atomic E-state index is -0.870. The molecule has 1 heterocycles. The molecule has 2 aromatic carbocycles. The molecule has 0 aliphatic heterocycles. The topological polar surface area (TPSA) is 108 Å². The molecule has 0 radical (unpaired) electrons. The van der Waals surface area contributed by atoms with E-state index in [2.05, 4.69) is 10.3 Å². The maximum Gasteiger partial charge on any atom is 0.409 e. The first-order valence-electron chi connectivity index (χ1n) is 11.7. The van der Waals surface area contributed by atoms with Crippen molar-refractivity contribution in [3.8, 4) is 0 Å². The van der Waals surface area contributed by atoms with Gasteiger partial charge in [-0.2, -0.15) is 0 Å². The molecule has 8 nitrogen and oxygen atoms in total. The smallest absolute Gasteiger partial charge is 0.409 e. The van der Waals surface area contributed by atoms with Gasteiger partial charge >= 0.3 is 12.1 Å². The highest BCUT2D eigenvalue weighted by Crippen LogP contribution is 2.18. The summed E-state index contributed by atoms with van der Waals surface area (Å²) in [6, 6.07) is 18.6. The van der Waals surface area contributed by atoms with E-state index in [1.54, 1.807) is 12.5 Å². The fourth-order valence-electron chi connectivity index (χ4n) is 3.59. The Hall–Kier alpha value is -3.65. The lowest BCUT2D eigenvalue weighted by molar-refractivity contribution is -0.146. The molecule has 0 spiro atoms. The Kier molecular flexibility index (Phi) is 9.03. The second kappa shape index (κ2) is 12.2. The van der Waals surface area contributed by atoms with Gasteiger partial charge in [0.2, 0.25) is 0 Å². The van der Waals surface area contributed by atoms with Crippen LogP contribution in [-0.2, 0) is 33.7 Å². The summed E-state index contributed by atoms with van der Waals surface area (Å²) in [6.07, 6.45) is 3.86. The molecule has 1 unspecified atom stereocenters. The van der Waals surface area contributed by atoms with Crippen molar-refractivity contribution >= 4 is 12.1 Å². The second-order valence-corrected chi connectivity index (χ2v) is 9.38. The molecule has 0 fully saturated rings. The molecule has 186 valence electrons. The van der Waals surface area contributed by atoms with Gasteiger partial charge in [0.1, 0.15) is 24.4 Å². The number of aryl methyl sites for hydroxylation is 1. The van der Waals surface area contributed by atoms with Gasteiger partial charge in [0, 0.05) is 18.3 Å². The van der Waals surface area contributed by atoms with Crippen LogP contribution in [0.1, 0.15) is 50.2 Å². The molecule has 0 saturated heterocycles. The summed E-state index contributed by atoms with van der Waals surface area (Å²) in [5.74, 6) is -0.498. The van der Waals surface area contributed by atoms with Gasteiger partial charge in [0.15, 0.2) is 0 Å². The average molecular weight is 479 g/mol. The van der Waals surface area contributed by atoms with Gasteiger partial charge < -0.3 is 25.1 Å². The number of imidazole rings is 1. The number of rotatable bonds is 10. The summed E-state index contributed by atoms with van der Waals surface area (Å²) in [7, 11) is 0. The van der Waals surface area contributed by atoms with Crippen LogP contribution in [0.4, 0.5) is 4.79 Å². The van der Waals surface area contributed by atoms with Crippen LogP contribution in [0.3, 0.4) is 0 Å². The summed E-state index contributed by atoms with van der Waals surface area (Å²) < 4.78 is 12.7. The molecule has 0 aliphatic carbocycles. The number of nitrogens with zero attached hydrogens (tertiary/aromatic N) is 2. The number of amides is 1. The van der Waals surface area contributed by atoms with Crippen LogP contribution in [0, 0.1) is 0 Å². The van der Waals surface area contributed by atoms with Crippen LogP contribution in [-0.4, -0.2) is 33.3 Å². The van der Waals surface area contributed by atoms with Crippen LogP contribution in [0.2, 0.25) is 0 Å². The average Bonchev–Trinajstić information content (AvgIpc) is 3.28. The molecule has 3 rings (SSSR count). The quantitative estimate of drug-likeness (QED) is 0.424. The van der Waals surface area contributed by atoms with Crippen molar-refractivity contribution in [1.82, 2.24) is 14.9 Å². The van der Waals surface area contributed by atoms with Crippen LogP contribution in [0.15, 0.2) is 73.2 Å². The first-order chi connectivity index (χ1) is 16.7. The Morgan fingerprint density at radius 1 is 1.03 bits per heavy atom. The number of nitrogens with two attached hydrogens (primary N) is 1. The lowest BCUT2D eigenvalue weighted by Crippen LogP contribution is -2.39. The van der Waals surface area contributed by atoms with E-state index in [0.29, 0.717) is 12.1 Å². The molecular weight excluding hydrogens is 444 g/mol. The minimum Gasteiger partial charge on any atom is -0.460 e. The van der Waals surface area contributed by atoms with Crippen LogP contribution >= 0.6 is 0 Å². The fourth-order valence-corrected chi connectivity index (χ4v) is 3.59. The number of carbonyl (C=O) groups excluding carboxylic acids is 2. The van der Waals surface area contributed by atoms with Crippen molar-refractivity contribution in [2.24, 2.45) is 5.73 Å². The number of carbonyl (C=O) groups is 2. The van der Waals surface area contributed by atoms with E-state index < -0.39 is 29.9 Å². The Bertz CT molecular complexity index is 1080. The van der Waals surface area contributed by atoms with E-state index >= 15 is 0 Å². The Balaban J connectivity index is 1.68. The van der Waals surface area contributed by atoms with Crippen LogP contribution in [0.25, 0.3) is 0 Å². The van der Waals surface area contributed by atoms with Gasteiger partial charge in [-0.15, -0.1) is 0 Å². The van der Waals surface area contributed by atoms with Crippen molar-refractivity contribution in [3.63, 3.8) is 0 Å². The molecule has 1 amide bonds. The SMILES string of the molecule is CC(C)(C)OC(=O)N[C@H](CCc1ccccc1)n1cncc1CC(N)C(=O)OCc1ccccc1. The van der Waals surface area contributed by atoms with Crippen molar-refractivity contribution in [3.05, 3.63) is 90.0 Å². The zero-order chi connectivity index (χ0) is 25.3. The zero-order valence-electron chi connectivity index (χ0n) is 20.5. The van der Waals surface area contributed by atoms with E-state index in [1.807, 2.05) is 86.0 Å². The summed E-state index contributed by atoms with van der Waals surface area (Å²) in [5, 5.41) is 2.94. The molecule has 8 heteroatoms. The Morgan fingerprint density at radius 3 is 2.29 bits per heavy atom. The van der Waals surface area contributed by atoms with E-state index in [1.165, 1.54) is 0 Å². The Morgan fingerprint density at radius 2 is 1.66 bits per heavy atom. The van der Waals surface area contributed by atoms with Gasteiger partial charge in [-0.1, -0.05) is 60.7 Å². The zero-order valence-corrected chi connectivity index (χ0v) is 20.5. The Labute approximate surface area is 206 Å². The molecule has 2 atom stereocenters. The molecule has 3 aromatic rings. The second-order valence-electron chi connectivity index (χ2n) is 9.38. The maximum absolute atomic E-state index is 12.6. The number of nitrogens with one attached hydrogen (secondary N) is 1. The fraction of sp³-hybridized carbons (Fsp3) is 0.370. The van der Waals surface area contributed by atoms with Gasteiger partial charge in [-0.05, 0) is 44.7 Å². The minimum absolute atomic E-state index is 0.159. The number of esters is 1. The van der Waals surface area contributed by atoms with Crippen LogP contribution < -0.4 is 11.1 Å². The monoisotopic (exact) mass is 478 g/mol. The highest BCUT2D eigenvalue weighted by atomic mass is 16.6. The molecule has 35 heavy (non-hydrogen) atoms. The van der Waals surface area contributed by atoms with E-state index in [0.717, 1.165) is 17.5 Å². The molecule has 0 aliphatic rings. The van der Waals surface area contributed by atoms with Gasteiger partial charge in [0.05, 0.1) is 6.33 Å². The first kappa shape index (κ1) is 26.0. The number of aromatic nitrogens is 2. The molecule has 1 aromatic heterocycles. The number of ether oxygens (including phenoxy) is 2. The van der Waals surface area contributed by atoms with E-state index in [4.69, 9.17) is 15.2 Å². The third kappa shape index (κ3) is 8.57. The van der Waals surface area contributed by atoms with Gasteiger partial charge in [-0.25, -0.2) is 9.78 Å². The molecular formula is C27H34N4O4. The molecule has 0 saturated carbocycles. The van der Waals surface area contributed by atoms with Gasteiger partial charge in [-0.3, -0.25) is 4.79 Å². The number of alkyl carbamates (subject to hydrolysis) is 1. The summed E-state index contributed by atoms with van der Waals surface area (Å²) in [5.41, 5.74) is 8.28. The normalized spacial score (nSPS) is 13.0. The third-order valence-electron chi connectivity index (χ3n) is 5.27. The number of benzene rings is 2. The standard InChI is InChI=1S/C27H34N4O4/c1-27(2,3)35-26(33)30-24(15-14-20-10-6-4-7-11-20)31-19-29-17-22(31)16-23(28)25(32)34-18-21-12-8-5-9-13-21/h4-13,17,19,23-24H,14-16,18,28H2,1-3H3,(H,30,33)/t23?,24-/m0/s1. The molecule has 3 N–H and O–H groups in total. The summed E-state index contributed by atoms with van der Waals surface area (Å²) in [4.78, 5) is 29.3. The van der Waals surface area contributed by atoms with E-state index in [-0.39, 0.29) is 13.0 Å². The predicted octanol–water partition coefficient (Wildman–Crippen LogP) is 4.15. The maximum atomic E-state index is 12.6. The van der Waals surface area contributed by atoms with Crippen LogP contribution in [0.5, 0.6) is 0 Å². The van der Waals surface area contributed by atoms with Crippen molar-refractivity contribution in [2.45, 2.75) is 64.4 Å². The largest absolute Gasteiger partial charge is 0.460 e. The number of hydrogen-bond donors (Lipinski definition) is 2.